The highest BCUT2D eigenvalue weighted by Gasteiger charge is 2.23. The van der Waals surface area contributed by atoms with Crippen molar-refractivity contribution in [3.05, 3.63) is 28.2 Å². The van der Waals surface area contributed by atoms with E-state index in [2.05, 4.69) is 15.9 Å². The molecular formula is C13H18BrNO3. The quantitative estimate of drug-likeness (QED) is 0.907. The van der Waals surface area contributed by atoms with E-state index in [9.17, 15) is 4.79 Å². The molecule has 0 aliphatic carbocycles. The van der Waals surface area contributed by atoms with Crippen LogP contribution in [0.15, 0.2) is 22.7 Å². The van der Waals surface area contributed by atoms with Crippen LogP contribution in [0.4, 0.5) is 0 Å². The highest BCUT2D eigenvalue weighted by molar-refractivity contribution is 9.10. The number of hydrogen-bond donors (Lipinski definition) is 1. The second-order valence-corrected chi connectivity index (χ2v) is 5.10. The molecule has 0 spiro atoms. The molecule has 0 aromatic heterocycles. The van der Waals surface area contributed by atoms with Gasteiger partial charge in [0.2, 0.25) is 0 Å². The van der Waals surface area contributed by atoms with Crippen LogP contribution in [0.1, 0.15) is 25.5 Å². The molecule has 0 heterocycles. The topological polar surface area (TPSA) is 49.8 Å². The molecule has 0 aliphatic heterocycles. The van der Waals surface area contributed by atoms with Crippen molar-refractivity contribution in [2.45, 2.75) is 25.9 Å². The predicted octanol–water partition coefficient (Wildman–Crippen LogP) is 2.92. The number of rotatable bonds is 5. The summed E-state index contributed by atoms with van der Waals surface area (Å²) in [4.78, 5) is 12.8. The fourth-order valence-electron chi connectivity index (χ4n) is 1.70. The van der Waals surface area contributed by atoms with Crippen LogP contribution in [-0.2, 0) is 4.79 Å². The Hall–Kier alpha value is -1.07. The molecule has 2 unspecified atom stereocenters. The van der Waals surface area contributed by atoms with Crippen molar-refractivity contribution in [1.82, 2.24) is 4.90 Å². The molecule has 0 bridgehead atoms. The third-order valence-electron chi connectivity index (χ3n) is 3.24. The zero-order chi connectivity index (χ0) is 13.9. The number of ether oxygens (including phenoxy) is 1. The number of hydrogen-bond acceptors (Lipinski definition) is 3. The third kappa shape index (κ3) is 3.23. The largest absolute Gasteiger partial charge is 0.497 e. The highest BCUT2D eigenvalue weighted by Crippen LogP contribution is 2.30. The van der Waals surface area contributed by atoms with E-state index in [1.54, 1.807) is 21.1 Å². The first kappa shape index (κ1) is 15.0. The van der Waals surface area contributed by atoms with Crippen LogP contribution in [0, 0.1) is 0 Å². The van der Waals surface area contributed by atoms with E-state index in [1.807, 2.05) is 30.0 Å². The fraction of sp³-hybridized carbons (Fsp3) is 0.462. The molecule has 0 amide bonds. The molecule has 4 nitrogen and oxygen atoms in total. The van der Waals surface area contributed by atoms with E-state index >= 15 is 0 Å². The Labute approximate surface area is 116 Å². The number of aliphatic carboxylic acids is 1. The zero-order valence-electron chi connectivity index (χ0n) is 11.0. The lowest BCUT2D eigenvalue weighted by Gasteiger charge is -2.29. The molecule has 1 aromatic rings. The Kier molecular flexibility index (Phi) is 5.16. The van der Waals surface area contributed by atoms with Crippen molar-refractivity contribution >= 4 is 21.9 Å². The maximum absolute atomic E-state index is 11.0. The maximum atomic E-state index is 11.0. The molecule has 1 N–H and O–H groups in total. The van der Waals surface area contributed by atoms with Gasteiger partial charge in [0.25, 0.3) is 0 Å². The number of methoxy groups -OCH3 is 1. The summed E-state index contributed by atoms with van der Waals surface area (Å²) < 4.78 is 6.05. The number of benzene rings is 1. The molecule has 0 saturated carbocycles. The fourth-order valence-corrected chi connectivity index (χ4v) is 2.39. The van der Waals surface area contributed by atoms with Crippen molar-refractivity contribution in [1.29, 1.82) is 0 Å². The average molecular weight is 316 g/mol. The van der Waals surface area contributed by atoms with E-state index in [-0.39, 0.29) is 6.04 Å². The Balaban J connectivity index is 2.96. The normalized spacial score (nSPS) is 14.3. The summed E-state index contributed by atoms with van der Waals surface area (Å²) in [7, 11) is 3.42. The number of carboxylic acids is 1. The predicted molar refractivity (Wildman–Crippen MR) is 74.0 cm³/mol. The monoisotopic (exact) mass is 315 g/mol. The van der Waals surface area contributed by atoms with Crippen LogP contribution in [0.25, 0.3) is 0 Å². The van der Waals surface area contributed by atoms with Crippen molar-refractivity contribution < 1.29 is 14.6 Å². The maximum Gasteiger partial charge on any atom is 0.320 e. The van der Waals surface area contributed by atoms with Crippen LogP contribution in [-0.4, -0.2) is 36.2 Å². The van der Waals surface area contributed by atoms with Crippen molar-refractivity contribution in [3.8, 4) is 5.75 Å². The Morgan fingerprint density at radius 3 is 2.50 bits per heavy atom. The van der Waals surface area contributed by atoms with E-state index < -0.39 is 12.0 Å². The second-order valence-electron chi connectivity index (χ2n) is 4.24. The van der Waals surface area contributed by atoms with Gasteiger partial charge in [-0.25, -0.2) is 0 Å². The molecule has 0 saturated heterocycles. The second kappa shape index (κ2) is 6.20. The smallest absolute Gasteiger partial charge is 0.320 e. The lowest BCUT2D eigenvalue weighted by Crippen LogP contribution is -2.37. The number of nitrogens with zero attached hydrogens (tertiary/aromatic N) is 1. The van der Waals surface area contributed by atoms with Gasteiger partial charge in [0.05, 0.1) is 7.11 Å². The first-order valence-electron chi connectivity index (χ1n) is 5.66. The number of carbonyl (C=O) groups is 1. The van der Waals surface area contributed by atoms with Crippen molar-refractivity contribution in [3.63, 3.8) is 0 Å². The molecule has 0 fully saturated rings. The molecule has 5 heteroatoms. The van der Waals surface area contributed by atoms with Gasteiger partial charge in [0.1, 0.15) is 11.8 Å². The number of halogens is 1. The molecule has 100 valence electrons. The van der Waals surface area contributed by atoms with Gasteiger partial charge in [-0.1, -0.05) is 22.0 Å². The van der Waals surface area contributed by atoms with Gasteiger partial charge in [0.15, 0.2) is 0 Å². The van der Waals surface area contributed by atoms with Gasteiger partial charge < -0.3 is 9.84 Å². The summed E-state index contributed by atoms with van der Waals surface area (Å²) in [5, 5.41) is 9.03. The van der Waals surface area contributed by atoms with Crippen LogP contribution >= 0.6 is 15.9 Å². The van der Waals surface area contributed by atoms with E-state index in [4.69, 9.17) is 9.84 Å². The number of likely N-dealkylation sites (N-methyl/N-ethyl adjacent to an activating group) is 1. The summed E-state index contributed by atoms with van der Waals surface area (Å²) in [6.07, 6.45) is 0. The molecular weight excluding hydrogens is 298 g/mol. The van der Waals surface area contributed by atoms with Gasteiger partial charge in [-0.2, -0.15) is 0 Å². The lowest BCUT2D eigenvalue weighted by molar-refractivity contribution is -0.142. The summed E-state index contributed by atoms with van der Waals surface area (Å²) >= 11 is 3.49. The highest BCUT2D eigenvalue weighted by atomic mass is 79.9. The first-order chi connectivity index (χ1) is 8.38. The van der Waals surface area contributed by atoms with Gasteiger partial charge in [-0.15, -0.1) is 0 Å². The zero-order valence-corrected chi connectivity index (χ0v) is 12.6. The molecule has 0 radical (unpaired) electrons. The standard InChI is InChI=1S/C13H18BrNO3/c1-8(15(3)9(2)13(16)17)11-6-5-10(18-4)7-12(11)14/h5-9H,1-4H3,(H,16,17). The molecule has 18 heavy (non-hydrogen) atoms. The van der Waals surface area contributed by atoms with Crippen molar-refractivity contribution in [2.24, 2.45) is 0 Å². The minimum absolute atomic E-state index is 0.00335. The Bertz CT molecular complexity index is 436. The minimum Gasteiger partial charge on any atom is -0.497 e. The summed E-state index contributed by atoms with van der Waals surface area (Å²) in [5.74, 6) is -0.0549. The van der Waals surface area contributed by atoms with Crippen LogP contribution < -0.4 is 4.74 Å². The van der Waals surface area contributed by atoms with Gasteiger partial charge in [-0.3, -0.25) is 9.69 Å². The van der Waals surface area contributed by atoms with Gasteiger partial charge >= 0.3 is 5.97 Å². The Morgan fingerprint density at radius 2 is 2.06 bits per heavy atom. The molecule has 1 aromatic carbocycles. The summed E-state index contributed by atoms with van der Waals surface area (Å²) in [5.41, 5.74) is 1.03. The lowest BCUT2D eigenvalue weighted by atomic mass is 10.1. The van der Waals surface area contributed by atoms with E-state index in [0.29, 0.717) is 0 Å². The summed E-state index contributed by atoms with van der Waals surface area (Å²) in [6.45, 7) is 3.66. The molecule has 0 aliphatic rings. The van der Waals surface area contributed by atoms with E-state index in [0.717, 1.165) is 15.8 Å². The minimum atomic E-state index is -0.825. The average Bonchev–Trinajstić information content (AvgIpc) is 2.35. The number of carboxylic acid groups (broad SMARTS) is 1. The van der Waals surface area contributed by atoms with Crippen LogP contribution in [0.5, 0.6) is 5.75 Å². The molecule has 1 rings (SSSR count). The third-order valence-corrected chi connectivity index (χ3v) is 3.92. The Morgan fingerprint density at radius 1 is 1.44 bits per heavy atom. The first-order valence-corrected chi connectivity index (χ1v) is 6.46. The molecule has 2 atom stereocenters. The van der Waals surface area contributed by atoms with Crippen LogP contribution in [0.2, 0.25) is 0 Å². The SMILES string of the molecule is COc1ccc(C(C)N(C)C(C)C(=O)O)c(Br)c1. The van der Waals surface area contributed by atoms with Gasteiger partial charge in [-0.05, 0) is 38.6 Å². The van der Waals surface area contributed by atoms with Gasteiger partial charge in [0, 0.05) is 10.5 Å². The van der Waals surface area contributed by atoms with Crippen LogP contribution in [0.3, 0.4) is 0 Å². The van der Waals surface area contributed by atoms with E-state index in [1.165, 1.54) is 0 Å². The summed E-state index contributed by atoms with van der Waals surface area (Å²) in [6, 6.07) is 5.16. The van der Waals surface area contributed by atoms with Crippen molar-refractivity contribution in [2.75, 3.05) is 14.2 Å².